The van der Waals surface area contributed by atoms with Crippen molar-refractivity contribution in [2.75, 3.05) is 38.7 Å². The van der Waals surface area contributed by atoms with Gasteiger partial charge in [-0.25, -0.2) is 0 Å². The van der Waals surface area contributed by atoms with Gasteiger partial charge in [0.2, 0.25) is 0 Å². The number of imidazole rings is 1. The van der Waals surface area contributed by atoms with E-state index in [1.54, 1.807) is 4.57 Å². The monoisotopic (exact) mass is 401 g/mol. The summed E-state index contributed by atoms with van der Waals surface area (Å²) in [4.78, 5) is 18.9. The highest BCUT2D eigenvalue weighted by Crippen LogP contribution is 2.32. The second kappa shape index (κ2) is 7.55. The highest BCUT2D eigenvalue weighted by molar-refractivity contribution is 5.49. The van der Waals surface area contributed by atoms with Crippen molar-refractivity contribution >= 4 is 11.5 Å². The zero-order chi connectivity index (χ0) is 20.6. The Morgan fingerprint density at radius 3 is 2.66 bits per heavy atom. The number of fused-ring (bicyclic) bond motifs is 1. The lowest BCUT2D eigenvalue weighted by atomic mass is 10.0. The summed E-state index contributed by atoms with van der Waals surface area (Å²) in [6.07, 6.45) is 3.75. The minimum absolute atomic E-state index is 0.202. The average molecular weight is 401 g/mol. The molecule has 0 unspecified atom stereocenters. The summed E-state index contributed by atoms with van der Waals surface area (Å²) < 4.78 is 13.4. The number of rotatable bonds is 6. The normalized spacial score (nSPS) is 22.2. The van der Waals surface area contributed by atoms with Gasteiger partial charge in [0, 0.05) is 23.8 Å². The number of hydrogen-bond donors (Lipinski definition) is 0. The van der Waals surface area contributed by atoms with E-state index < -0.39 is 10.5 Å². The SMILES string of the molecule is CN1CCC(N(C)c2ccc(OC[C@@]3(C)Cn4cc([N+](=O)[O-])nc4O3)cc2)CC1. The van der Waals surface area contributed by atoms with Crippen molar-refractivity contribution in [3.63, 3.8) is 0 Å². The second-order valence-corrected chi connectivity index (χ2v) is 8.25. The molecule has 0 aliphatic carbocycles. The Hall–Kier alpha value is -2.81. The van der Waals surface area contributed by atoms with Crippen molar-refractivity contribution in [2.24, 2.45) is 0 Å². The number of ether oxygens (including phenoxy) is 2. The third-order valence-electron chi connectivity index (χ3n) is 5.78. The van der Waals surface area contributed by atoms with E-state index in [1.807, 2.05) is 19.1 Å². The maximum absolute atomic E-state index is 10.8. The van der Waals surface area contributed by atoms with Crippen molar-refractivity contribution in [2.45, 2.75) is 38.0 Å². The highest BCUT2D eigenvalue weighted by Gasteiger charge is 2.41. The van der Waals surface area contributed by atoms with Gasteiger partial charge >= 0.3 is 11.8 Å². The van der Waals surface area contributed by atoms with Gasteiger partial charge < -0.3 is 29.4 Å². The van der Waals surface area contributed by atoms with Gasteiger partial charge in [-0.15, -0.1) is 0 Å². The van der Waals surface area contributed by atoms with E-state index in [2.05, 4.69) is 41.0 Å². The summed E-state index contributed by atoms with van der Waals surface area (Å²) >= 11 is 0. The molecule has 4 rings (SSSR count). The van der Waals surface area contributed by atoms with Crippen LogP contribution < -0.4 is 14.4 Å². The molecule has 2 aliphatic heterocycles. The predicted octanol–water partition coefficient (Wildman–Crippen LogP) is 2.55. The standard InChI is InChI=1S/C20H27N5O4/c1-20(13-24-12-18(25(26)27)21-19(24)29-20)14-28-17-6-4-15(5-7-17)23(3)16-8-10-22(2)11-9-16/h4-7,12,16H,8-11,13-14H2,1-3H3/t20-/m1/s1. The third kappa shape index (κ3) is 4.14. The number of piperidine rings is 1. The third-order valence-corrected chi connectivity index (χ3v) is 5.78. The first-order valence-corrected chi connectivity index (χ1v) is 9.88. The molecule has 2 aromatic rings. The van der Waals surface area contributed by atoms with E-state index in [0.29, 0.717) is 19.2 Å². The van der Waals surface area contributed by atoms with Crippen LogP contribution in [0.1, 0.15) is 19.8 Å². The van der Waals surface area contributed by atoms with Gasteiger partial charge in [-0.1, -0.05) is 0 Å². The Labute approximate surface area is 170 Å². The maximum atomic E-state index is 10.8. The molecule has 1 saturated heterocycles. The molecule has 0 radical (unpaired) electrons. The van der Waals surface area contributed by atoms with Gasteiger partial charge in [0.15, 0.2) is 5.60 Å². The minimum Gasteiger partial charge on any atom is -0.489 e. The molecule has 2 aliphatic rings. The van der Waals surface area contributed by atoms with E-state index >= 15 is 0 Å². The Kier molecular flexibility index (Phi) is 5.08. The number of hydrogen-bond acceptors (Lipinski definition) is 7. The van der Waals surface area contributed by atoms with Crippen molar-refractivity contribution in [3.05, 3.63) is 40.6 Å². The highest BCUT2D eigenvalue weighted by atomic mass is 16.6. The first kappa shape index (κ1) is 19.5. The van der Waals surface area contributed by atoms with Crippen molar-refractivity contribution in [3.8, 4) is 11.8 Å². The van der Waals surface area contributed by atoms with Crippen LogP contribution in [0.5, 0.6) is 11.8 Å². The summed E-state index contributed by atoms with van der Waals surface area (Å²) in [6, 6.07) is 8.94. The number of anilines is 1. The van der Waals surface area contributed by atoms with Crippen molar-refractivity contribution < 1.29 is 14.4 Å². The predicted molar refractivity (Wildman–Crippen MR) is 109 cm³/mol. The van der Waals surface area contributed by atoms with Crippen LogP contribution in [0.3, 0.4) is 0 Å². The Morgan fingerprint density at radius 1 is 1.34 bits per heavy atom. The molecule has 9 nitrogen and oxygen atoms in total. The van der Waals surface area contributed by atoms with Gasteiger partial charge in [0.05, 0.1) is 6.54 Å². The zero-order valence-corrected chi connectivity index (χ0v) is 17.1. The number of benzene rings is 1. The quantitative estimate of drug-likeness (QED) is 0.543. The number of likely N-dealkylation sites (tertiary alicyclic amines) is 1. The molecular weight excluding hydrogens is 374 g/mol. The fraction of sp³-hybridized carbons (Fsp3) is 0.550. The average Bonchev–Trinajstić information content (AvgIpc) is 3.22. The number of nitro groups is 1. The van der Waals surface area contributed by atoms with E-state index in [1.165, 1.54) is 24.7 Å². The molecule has 1 fully saturated rings. The summed E-state index contributed by atoms with van der Waals surface area (Å²) in [5.41, 5.74) is 0.573. The van der Waals surface area contributed by atoms with E-state index in [9.17, 15) is 10.1 Å². The summed E-state index contributed by atoms with van der Waals surface area (Å²) in [7, 11) is 4.32. The fourth-order valence-electron chi connectivity index (χ4n) is 3.96. The van der Waals surface area contributed by atoms with Crippen molar-refractivity contribution in [1.29, 1.82) is 0 Å². The largest absolute Gasteiger partial charge is 0.489 e. The van der Waals surface area contributed by atoms with Crippen LogP contribution in [-0.2, 0) is 6.54 Å². The van der Waals surface area contributed by atoms with Crippen molar-refractivity contribution in [1.82, 2.24) is 14.5 Å². The van der Waals surface area contributed by atoms with Crippen LogP contribution in [0.4, 0.5) is 11.5 Å². The minimum atomic E-state index is -0.610. The van der Waals surface area contributed by atoms with Crippen LogP contribution in [-0.4, -0.2) is 64.8 Å². The summed E-state index contributed by atoms with van der Waals surface area (Å²) in [6.45, 7) is 4.97. The summed E-state index contributed by atoms with van der Waals surface area (Å²) in [5, 5.41) is 10.8. The van der Waals surface area contributed by atoms with E-state index in [-0.39, 0.29) is 11.8 Å². The molecule has 156 valence electrons. The van der Waals surface area contributed by atoms with Crippen LogP contribution in [0, 0.1) is 10.1 Å². The van der Waals surface area contributed by atoms with Crippen LogP contribution in [0.25, 0.3) is 0 Å². The molecule has 0 saturated carbocycles. The molecule has 3 heterocycles. The molecule has 0 spiro atoms. The molecule has 9 heteroatoms. The zero-order valence-electron chi connectivity index (χ0n) is 17.1. The Bertz CT molecular complexity index is 850. The number of aromatic nitrogens is 2. The molecule has 0 N–H and O–H groups in total. The number of nitrogens with zero attached hydrogens (tertiary/aromatic N) is 5. The Morgan fingerprint density at radius 2 is 2.03 bits per heavy atom. The fourth-order valence-corrected chi connectivity index (χ4v) is 3.96. The molecule has 1 aromatic carbocycles. The molecule has 1 aromatic heterocycles. The maximum Gasteiger partial charge on any atom is 0.415 e. The first-order chi connectivity index (χ1) is 13.8. The first-order valence-electron chi connectivity index (χ1n) is 9.88. The summed E-state index contributed by atoms with van der Waals surface area (Å²) in [5.74, 6) is 0.568. The Balaban J connectivity index is 1.32. The second-order valence-electron chi connectivity index (χ2n) is 8.25. The van der Waals surface area contributed by atoms with Crippen LogP contribution >= 0.6 is 0 Å². The van der Waals surface area contributed by atoms with E-state index in [0.717, 1.165) is 18.8 Å². The lowest BCUT2D eigenvalue weighted by Crippen LogP contribution is -2.41. The molecule has 29 heavy (non-hydrogen) atoms. The lowest BCUT2D eigenvalue weighted by Gasteiger charge is -2.36. The van der Waals surface area contributed by atoms with Crippen LogP contribution in [0.2, 0.25) is 0 Å². The lowest BCUT2D eigenvalue weighted by molar-refractivity contribution is -0.389. The molecular formula is C20H27N5O4. The smallest absolute Gasteiger partial charge is 0.415 e. The molecule has 0 amide bonds. The van der Waals surface area contributed by atoms with Gasteiger partial charge in [-0.2, -0.15) is 0 Å². The molecule has 0 bridgehead atoms. The van der Waals surface area contributed by atoms with Gasteiger partial charge in [-0.3, -0.25) is 4.57 Å². The van der Waals surface area contributed by atoms with Crippen LogP contribution in [0.15, 0.2) is 30.5 Å². The van der Waals surface area contributed by atoms with Gasteiger partial charge in [-0.05, 0) is 69.1 Å². The topological polar surface area (TPSA) is 85.9 Å². The molecule has 1 atom stereocenters. The van der Waals surface area contributed by atoms with Gasteiger partial charge in [0.1, 0.15) is 18.6 Å². The van der Waals surface area contributed by atoms with E-state index in [4.69, 9.17) is 9.47 Å². The van der Waals surface area contributed by atoms with Gasteiger partial charge in [0.25, 0.3) is 0 Å².